The molecule has 0 aliphatic rings. The summed E-state index contributed by atoms with van der Waals surface area (Å²) >= 11 is 0. The Labute approximate surface area is 400 Å². The molecule has 0 aromatic carbocycles. The summed E-state index contributed by atoms with van der Waals surface area (Å²) in [6.07, 6.45) is 66.1. The minimum Gasteiger partial charge on any atom is -0.457 e. The van der Waals surface area contributed by atoms with Crippen molar-refractivity contribution in [3.63, 3.8) is 0 Å². The first-order chi connectivity index (χ1) is 31.6. The van der Waals surface area contributed by atoms with Crippen LogP contribution in [0, 0.1) is 0 Å². The Bertz CT molecular complexity index is 1360. The number of hydrogen-bond donors (Lipinski definition) is 1. The largest absolute Gasteiger partial charge is 0.472 e. The number of phosphoric ester groups is 1. The van der Waals surface area contributed by atoms with E-state index in [0.717, 1.165) is 77.0 Å². The van der Waals surface area contributed by atoms with Crippen molar-refractivity contribution >= 4 is 13.8 Å². The van der Waals surface area contributed by atoms with Gasteiger partial charge in [-0.25, -0.2) is 4.57 Å². The summed E-state index contributed by atoms with van der Waals surface area (Å²) in [6.45, 7) is 5.33. The molecule has 0 radical (unpaired) electrons. The topological polar surface area (TPSA) is 91.3 Å². The van der Waals surface area contributed by atoms with E-state index in [2.05, 4.69) is 111 Å². The Morgan fingerprint density at radius 1 is 0.492 bits per heavy atom. The molecule has 0 spiro atoms. The minimum absolute atomic E-state index is 0.0722. The lowest BCUT2D eigenvalue weighted by Crippen LogP contribution is -2.37. The van der Waals surface area contributed by atoms with Crippen molar-refractivity contribution in [2.45, 2.75) is 200 Å². The van der Waals surface area contributed by atoms with Crippen molar-refractivity contribution in [3.8, 4) is 0 Å². The van der Waals surface area contributed by atoms with Crippen molar-refractivity contribution in [3.05, 3.63) is 97.2 Å². The van der Waals surface area contributed by atoms with Gasteiger partial charge < -0.3 is 18.9 Å². The number of hydrogen-bond acceptors (Lipinski definition) is 6. The van der Waals surface area contributed by atoms with Crippen LogP contribution in [0.3, 0.4) is 0 Å². The van der Waals surface area contributed by atoms with Crippen molar-refractivity contribution in [1.29, 1.82) is 0 Å². The van der Waals surface area contributed by atoms with Gasteiger partial charge in [0.25, 0.3) is 0 Å². The van der Waals surface area contributed by atoms with Crippen LogP contribution < -0.4 is 0 Å². The van der Waals surface area contributed by atoms with Crippen LogP contribution in [0.4, 0.5) is 0 Å². The second kappa shape index (κ2) is 47.9. The molecule has 0 bridgehead atoms. The van der Waals surface area contributed by atoms with E-state index in [-0.39, 0.29) is 25.8 Å². The first-order valence-electron chi connectivity index (χ1n) is 26.0. The predicted molar refractivity (Wildman–Crippen MR) is 279 cm³/mol. The van der Waals surface area contributed by atoms with Gasteiger partial charge in [-0.15, -0.1) is 0 Å². The molecule has 0 saturated carbocycles. The number of unbranched alkanes of at least 4 members (excludes halogenated alkanes) is 17. The number of rotatable bonds is 47. The van der Waals surface area contributed by atoms with Gasteiger partial charge in [0.05, 0.1) is 34.4 Å². The smallest absolute Gasteiger partial charge is 0.457 e. The SMILES string of the molecule is CC/C=C\C/C=C\C/C=C\C/C=C\C/C=C\C/C=C\CCCOCC(COP(=O)(O)OCC[N+](C)(C)C)OC(=O)CCCCCCCCCCCCC/C=C\C/C=C\CCCCCCC. The Hall–Kier alpha value is -2.58. The Morgan fingerprint density at radius 2 is 0.892 bits per heavy atom. The Morgan fingerprint density at radius 3 is 1.34 bits per heavy atom. The highest BCUT2D eigenvalue weighted by atomic mass is 31.2. The molecule has 8 nitrogen and oxygen atoms in total. The first kappa shape index (κ1) is 62.4. The van der Waals surface area contributed by atoms with E-state index in [9.17, 15) is 14.3 Å². The molecule has 65 heavy (non-hydrogen) atoms. The van der Waals surface area contributed by atoms with E-state index >= 15 is 0 Å². The van der Waals surface area contributed by atoms with Gasteiger partial charge in [-0.3, -0.25) is 13.8 Å². The Kier molecular flexibility index (Phi) is 46.0. The lowest BCUT2D eigenvalue weighted by molar-refractivity contribution is -0.870. The molecule has 2 atom stereocenters. The normalized spacial score (nSPS) is 14.4. The average molecular weight is 929 g/mol. The highest BCUT2D eigenvalue weighted by Gasteiger charge is 2.26. The number of carbonyl (C=O) groups excluding carboxylic acids is 1. The molecule has 2 unspecified atom stereocenters. The summed E-state index contributed by atoms with van der Waals surface area (Å²) in [7, 11) is 1.62. The zero-order valence-corrected chi connectivity index (χ0v) is 43.3. The van der Waals surface area contributed by atoms with Gasteiger partial charge in [-0.2, -0.15) is 0 Å². The van der Waals surface area contributed by atoms with E-state index < -0.39 is 13.9 Å². The van der Waals surface area contributed by atoms with Crippen LogP contribution in [0.2, 0.25) is 0 Å². The van der Waals surface area contributed by atoms with Gasteiger partial charge in [0, 0.05) is 13.0 Å². The molecular formula is C56H99NO7P+. The number of phosphoric acid groups is 1. The monoisotopic (exact) mass is 929 g/mol. The molecule has 0 aromatic rings. The second-order valence-corrected chi connectivity index (χ2v) is 19.6. The lowest BCUT2D eigenvalue weighted by atomic mass is 10.0. The standard InChI is InChI=1S/C56H98NO7P/c1-6-8-10-12-14-16-18-20-22-24-26-28-29-30-31-33-35-37-39-41-43-45-47-49-56(58)64-55(54-63-65(59,60)62-52-50-57(3,4)5)53-61-51-48-46-44-42-40-38-36-34-32-27-25-23-21-19-17-15-13-11-9-7-2/h9,11,15,17-18,20-21,23-24,26-27,32,36,38,42,44,55H,6-8,10,12-14,16,19,22,25,28-31,33-35,37,39-41,43,45-54H2,1-5H3/p+1/b11-9-,17-15-,20-18-,23-21-,26-24-,32-27-,38-36-,44-42-. The molecule has 374 valence electrons. The highest BCUT2D eigenvalue weighted by molar-refractivity contribution is 7.47. The van der Waals surface area contributed by atoms with E-state index in [1.807, 2.05) is 21.1 Å². The molecule has 0 aliphatic carbocycles. The molecule has 0 fully saturated rings. The summed E-state index contributed by atoms with van der Waals surface area (Å²) in [5, 5.41) is 0. The zero-order chi connectivity index (χ0) is 47.6. The maximum Gasteiger partial charge on any atom is 0.472 e. The summed E-state index contributed by atoms with van der Waals surface area (Å²) < 4.78 is 35.1. The van der Waals surface area contributed by atoms with Crippen molar-refractivity contribution < 1.29 is 37.3 Å². The predicted octanol–water partition coefficient (Wildman–Crippen LogP) is 16.2. The van der Waals surface area contributed by atoms with Gasteiger partial charge in [0.2, 0.25) is 0 Å². The number of quaternary nitrogens is 1. The Balaban J connectivity index is 4.25. The van der Waals surface area contributed by atoms with Crippen LogP contribution >= 0.6 is 7.82 Å². The van der Waals surface area contributed by atoms with E-state index in [1.165, 1.54) is 96.3 Å². The third-order valence-electron chi connectivity index (χ3n) is 10.6. The molecule has 0 amide bonds. The maximum atomic E-state index is 12.8. The van der Waals surface area contributed by atoms with Gasteiger partial charge in [-0.05, 0) is 89.9 Å². The fourth-order valence-electron chi connectivity index (χ4n) is 6.66. The van der Waals surface area contributed by atoms with Gasteiger partial charge in [0.1, 0.15) is 19.3 Å². The quantitative estimate of drug-likeness (QED) is 0.0214. The number of ether oxygens (including phenoxy) is 2. The number of likely N-dealkylation sites (N-methyl/N-ethyl adjacent to an activating group) is 1. The zero-order valence-electron chi connectivity index (χ0n) is 42.4. The molecule has 0 aromatic heterocycles. The maximum absolute atomic E-state index is 12.8. The van der Waals surface area contributed by atoms with E-state index in [0.29, 0.717) is 24.1 Å². The van der Waals surface area contributed by atoms with Crippen molar-refractivity contribution in [2.24, 2.45) is 0 Å². The third kappa shape index (κ3) is 52.3. The second-order valence-electron chi connectivity index (χ2n) is 18.2. The van der Waals surface area contributed by atoms with Crippen molar-refractivity contribution in [1.82, 2.24) is 0 Å². The van der Waals surface area contributed by atoms with Crippen LogP contribution in [-0.4, -0.2) is 75.6 Å². The average Bonchev–Trinajstić information content (AvgIpc) is 3.27. The number of nitrogens with zero attached hydrogens (tertiary/aromatic N) is 1. The summed E-state index contributed by atoms with van der Waals surface area (Å²) in [5.74, 6) is -0.338. The minimum atomic E-state index is -4.30. The van der Waals surface area contributed by atoms with Crippen LogP contribution in [-0.2, 0) is 27.9 Å². The summed E-state index contributed by atoms with van der Waals surface area (Å²) in [5.41, 5.74) is 0. The van der Waals surface area contributed by atoms with Crippen LogP contribution in [0.25, 0.3) is 0 Å². The number of carbonyl (C=O) groups is 1. The number of esters is 1. The van der Waals surface area contributed by atoms with Crippen LogP contribution in [0.1, 0.15) is 194 Å². The van der Waals surface area contributed by atoms with E-state index in [4.69, 9.17) is 18.5 Å². The molecule has 0 aliphatic heterocycles. The fraction of sp³-hybridized carbons (Fsp3) is 0.696. The highest BCUT2D eigenvalue weighted by Crippen LogP contribution is 2.43. The first-order valence-corrected chi connectivity index (χ1v) is 27.5. The van der Waals surface area contributed by atoms with Crippen molar-refractivity contribution in [2.75, 3.05) is 54.1 Å². The van der Waals surface area contributed by atoms with Gasteiger partial charge >= 0.3 is 13.8 Å². The fourth-order valence-corrected chi connectivity index (χ4v) is 7.40. The lowest BCUT2D eigenvalue weighted by Gasteiger charge is -2.24. The molecule has 0 rings (SSSR count). The summed E-state index contributed by atoms with van der Waals surface area (Å²) in [4.78, 5) is 23.0. The summed E-state index contributed by atoms with van der Waals surface area (Å²) in [6, 6.07) is 0. The van der Waals surface area contributed by atoms with Crippen LogP contribution in [0.5, 0.6) is 0 Å². The molecule has 9 heteroatoms. The van der Waals surface area contributed by atoms with Gasteiger partial charge in [0.15, 0.2) is 0 Å². The molecular weight excluding hydrogens is 830 g/mol. The molecule has 0 saturated heterocycles. The molecule has 0 heterocycles. The number of allylic oxidation sites excluding steroid dienone is 16. The van der Waals surface area contributed by atoms with E-state index in [1.54, 1.807) is 0 Å². The third-order valence-corrected chi connectivity index (χ3v) is 11.6. The van der Waals surface area contributed by atoms with Gasteiger partial charge in [-0.1, -0.05) is 195 Å². The van der Waals surface area contributed by atoms with Crippen LogP contribution in [0.15, 0.2) is 97.2 Å². The molecule has 1 N–H and O–H groups in total.